The number of hydrogen-bond acceptors (Lipinski definition) is 3. The number of nitrogens with one attached hydrogen (secondary N) is 1. The van der Waals surface area contributed by atoms with Crippen molar-refractivity contribution in [2.24, 2.45) is 0 Å². The van der Waals surface area contributed by atoms with Gasteiger partial charge in [0.1, 0.15) is 0 Å². The van der Waals surface area contributed by atoms with Crippen LogP contribution in [-0.4, -0.2) is 48.5 Å². The van der Waals surface area contributed by atoms with Crippen molar-refractivity contribution in [3.63, 3.8) is 0 Å². The van der Waals surface area contributed by atoms with E-state index in [9.17, 15) is 4.79 Å². The van der Waals surface area contributed by atoms with Crippen LogP contribution in [0.2, 0.25) is 0 Å². The topological polar surface area (TPSA) is 45.3 Å². The van der Waals surface area contributed by atoms with Gasteiger partial charge in [0.25, 0.3) is 0 Å². The van der Waals surface area contributed by atoms with Crippen molar-refractivity contribution in [2.75, 3.05) is 26.8 Å². The molecule has 1 aromatic heterocycles. The number of H-pyrrole nitrogens is 1. The Morgan fingerprint density at radius 3 is 2.88 bits per heavy atom. The fourth-order valence-electron chi connectivity index (χ4n) is 1.70. The molecule has 4 nitrogen and oxygen atoms in total. The van der Waals surface area contributed by atoms with Crippen LogP contribution in [0, 0.1) is 0 Å². The Balaban J connectivity index is 2.53. The van der Waals surface area contributed by atoms with Crippen molar-refractivity contribution in [1.29, 1.82) is 0 Å². The summed E-state index contributed by atoms with van der Waals surface area (Å²) in [6, 6.07) is 3.90. The Kier molecular flexibility index (Phi) is 5.22. The second kappa shape index (κ2) is 6.45. The molecule has 1 atom stereocenters. The molecular weight excluding hydrogens is 204 g/mol. The molecule has 0 saturated carbocycles. The first-order chi connectivity index (χ1) is 7.69. The summed E-state index contributed by atoms with van der Waals surface area (Å²) >= 11 is 0. The maximum Gasteiger partial charge on any atom is 0.192 e. The maximum absolute atomic E-state index is 11.9. The summed E-state index contributed by atoms with van der Waals surface area (Å²) in [4.78, 5) is 16.9. The number of aromatic amines is 1. The number of aromatic nitrogens is 1. The minimum atomic E-state index is 0.120. The maximum atomic E-state index is 11.9. The van der Waals surface area contributed by atoms with Gasteiger partial charge in [-0.25, -0.2) is 0 Å². The number of carbonyl (C=O) groups excluding carboxylic acids is 1. The Morgan fingerprint density at radius 1 is 1.62 bits per heavy atom. The fraction of sp³-hybridized carbons (Fsp3) is 0.583. The number of ketones is 1. The highest BCUT2D eigenvalue weighted by Gasteiger charge is 2.16. The number of ether oxygens (including phenoxy) is 1. The highest BCUT2D eigenvalue weighted by atomic mass is 16.5. The van der Waals surface area contributed by atoms with Gasteiger partial charge < -0.3 is 9.72 Å². The summed E-state index contributed by atoms with van der Waals surface area (Å²) in [5.74, 6) is 0.120. The summed E-state index contributed by atoms with van der Waals surface area (Å²) in [6.07, 6.45) is 1.77. The molecule has 0 aliphatic heterocycles. The summed E-state index contributed by atoms with van der Waals surface area (Å²) < 4.78 is 5.10. The van der Waals surface area contributed by atoms with Crippen LogP contribution in [0.15, 0.2) is 18.3 Å². The van der Waals surface area contributed by atoms with E-state index in [1.54, 1.807) is 19.4 Å². The molecule has 0 fully saturated rings. The van der Waals surface area contributed by atoms with E-state index in [1.807, 2.05) is 13.0 Å². The molecule has 0 radical (unpaired) electrons. The van der Waals surface area contributed by atoms with Crippen LogP contribution in [0.5, 0.6) is 0 Å². The van der Waals surface area contributed by atoms with Crippen LogP contribution in [0.4, 0.5) is 0 Å². The normalized spacial score (nSPS) is 13.0. The van der Waals surface area contributed by atoms with E-state index in [2.05, 4.69) is 16.8 Å². The molecule has 1 heterocycles. The molecule has 1 rings (SSSR count). The first kappa shape index (κ1) is 12.9. The number of methoxy groups -OCH3 is 1. The quantitative estimate of drug-likeness (QED) is 0.715. The molecular formula is C12H20N2O2. The molecule has 0 aromatic carbocycles. The standard InChI is InChI=1S/C12H20N2O2/c1-4-14(10(2)9-16-3)8-12(15)11-6-5-7-13-11/h5-7,10,13H,4,8-9H2,1-3H3. The summed E-state index contributed by atoms with van der Waals surface area (Å²) in [5.41, 5.74) is 0.670. The second-order valence-electron chi connectivity index (χ2n) is 3.87. The van der Waals surface area contributed by atoms with Crippen LogP contribution in [0.3, 0.4) is 0 Å². The van der Waals surface area contributed by atoms with Gasteiger partial charge in [0.2, 0.25) is 0 Å². The van der Waals surface area contributed by atoms with Gasteiger partial charge in [0.15, 0.2) is 5.78 Å². The van der Waals surface area contributed by atoms with Crippen molar-refractivity contribution in [1.82, 2.24) is 9.88 Å². The highest BCUT2D eigenvalue weighted by molar-refractivity contribution is 5.95. The number of Topliss-reactive ketones (excluding diaryl/α,β-unsaturated/α-hetero) is 1. The van der Waals surface area contributed by atoms with Crippen LogP contribution in [0.1, 0.15) is 24.3 Å². The lowest BCUT2D eigenvalue weighted by Gasteiger charge is -2.26. The van der Waals surface area contributed by atoms with E-state index in [4.69, 9.17) is 4.74 Å². The largest absolute Gasteiger partial charge is 0.383 e. The number of carbonyl (C=O) groups is 1. The van der Waals surface area contributed by atoms with Gasteiger partial charge in [-0.05, 0) is 25.6 Å². The molecule has 16 heavy (non-hydrogen) atoms. The summed E-state index contributed by atoms with van der Waals surface area (Å²) in [7, 11) is 1.68. The Labute approximate surface area is 96.6 Å². The molecule has 0 amide bonds. The fourth-order valence-corrected chi connectivity index (χ4v) is 1.70. The van der Waals surface area contributed by atoms with E-state index >= 15 is 0 Å². The second-order valence-corrected chi connectivity index (χ2v) is 3.87. The molecule has 0 aliphatic carbocycles. The van der Waals surface area contributed by atoms with Gasteiger partial charge in [-0.15, -0.1) is 0 Å². The van der Waals surface area contributed by atoms with Crippen molar-refractivity contribution in [2.45, 2.75) is 19.9 Å². The molecule has 0 aliphatic rings. The monoisotopic (exact) mass is 224 g/mol. The Morgan fingerprint density at radius 2 is 2.38 bits per heavy atom. The van der Waals surface area contributed by atoms with Gasteiger partial charge in [0, 0.05) is 19.3 Å². The predicted octanol–water partition coefficient (Wildman–Crippen LogP) is 1.55. The first-order valence-electron chi connectivity index (χ1n) is 5.58. The van der Waals surface area contributed by atoms with Crippen LogP contribution >= 0.6 is 0 Å². The molecule has 1 aromatic rings. The number of hydrogen-bond donors (Lipinski definition) is 1. The van der Waals surface area contributed by atoms with E-state index in [0.717, 1.165) is 6.54 Å². The van der Waals surface area contributed by atoms with Crippen molar-refractivity contribution < 1.29 is 9.53 Å². The van der Waals surface area contributed by atoms with Gasteiger partial charge in [0.05, 0.1) is 18.8 Å². The smallest absolute Gasteiger partial charge is 0.192 e. The average Bonchev–Trinajstić information content (AvgIpc) is 2.79. The molecule has 4 heteroatoms. The third-order valence-corrected chi connectivity index (χ3v) is 2.68. The van der Waals surface area contributed by atoms with Crippen LogP contribution in [0.25, 0.3) is 0 Å². The number of likely N-dealkylation sites (N-methyl/N-ethyl adjacent to an activating group) is 1. The molecule has 0 bridgehead atoms. The number of rotatable bonds is 7. The van der Waals surface area contributed by atoms with Gasteiger partial charge in [-0.3, -0.25) is 9.69 Å². The average molecular weight is 224 g/mol. The summed E-state index contributed by atoms with van der Waals surface area (Å²) in [5, 5.41) is 0. The van der Waals surface area contributed by atoms with Crippen LogP contribution < -0.4 is 0 Å². The molecule has 90 valence electrons. The highest BCUT2D eigenvalue weighted by Crippen LogP contribution is 2.03. The van der Waals surface area contributed by atoms with E-state index < -0.39 is 0 Å². The molecule has 1 N–H and O–H groups in total. The van der Waals surface area contributed by atoms with Crippen molar-refractivity contribution in [3.8, 4) is 0 Å². The van der Waals surface area contributed by atoms with E-state index in [0.29, 0.717) is 18.8 Å². The first-order valence-corrected chi connectivity index (χ1v) is 5.58. The minimum Gasteiger partial charge on any atom is -0.383 e. The Hall–Kier alpha value is -1.13. The van der Waals surface area contributed by atoms with Crippen molar-refractivity contribution >= 4 is 5.78 Å². The molecule has 0 saturated heterocycles. The van der Waals surface area contributed by atoms with Gasteiger partial charge in [-0.2, -0.15) is 0 Å². The minimum absolute atomic E-state index is 0.120. The Bertz CT molecular complexity index is 309. The zero-order valence-corrected chi connectivity index (χ0v) is 10.2. The van der Waals surface area contributed by atoms with Crippen LogP contribution in [-0.2, 0) is 4.74 Å². The third kappa shape index (κ3) is 3.47. The van der Waals surface area contributed by atoms with E-state index in [-0.39, 0.29) is 11.8 Å². The zero-order chi connectivity index (χ0) is 12.0. The van der Waals surface area contributed by atoms with E-state index in [1.165, 1.54) is 0 Å². The van der Waals surface area contributed by atoms with Crippen molar-refractivity contribution in [3.05, 3.63) is 24.0 Å². The lowest BCUT2D eigenvalue weighted by Crippen LogP contribution is -2.39. The lowest BCUT2D eigenvalue weighted by molar-refractivity contribution is 0.0784. The number of nitrogens with zero attached hydrogens (tertiary/aromatic N) is 1. The van der Waals surface area contributed by atoms with Gasteiger partial charge in [-0.1, -0.05) is 6.92 Å². The molecule has 0 spiro atoms. The zero-order valence-electron chi connectivity index (χ0n) is 10.2. The third-order valence-electron chi connectivity index (χ3n) is 2.68. The SMILES string of the molecule is CCN(CC(=O)c1ccc[nH]1)C(C)COC. The lowest BCUT2D eigenvalue weighted by atomic mass is 10.2. The predicted molar refractivity (Wildman–Crippen MR) is 63.7 cm³/mol. The summed E-state index contributed by atoms with van der Waals surface area (Å²) in [6.45, 7) is 6.04. The molecule has 1 unspecified atom stereocenters. The van der Waals surface area contributed by atoms with Gasteiger partial charge >= 0.3 is 0 Å².